The minimum absolute atomic E-state index is 0.191. The van der Waals surface area contributed by atoms with E-state index in [1.54, 1.807) is 7.11 Å². The van der Waals surface area contributed by atoms with Crippen LogP contribution < -0.4 is 9.47 Å². The van der Waals surface area contributed by atoms with Crippen LogP contribution in [0, 0.1) is 5.92 Å². The van der Waals surface area contributed by atoms with Crippen LogP contribution in [-0.4, -0.2) is 78.7 Å². The monoisotopic (exact) mass is 406 g/mol. The summed E-state index contributed by atoms with van der Waals surface area (Å²) in [6, 6.07) is 5.94. The Bertz CT molecular complexity index is 615. The van der Waals surface area contributed by atoms with E-state index in [0.29, 0.717) is 6.54 Å². The quantitative estimate of drug-likeness (QED) is 0.556. The van der Waals surface area contributed by atoms with Crippen LogP contribution in [0.1, 0.15) is 44.6 Å². The minimum Gasteiger partial charge on any atom is -0.497 e. The number of hydrogen-bond acceptors (Lipinski definition) is 6. The van der Waals surface area contributed by atoms with Crippen molar-refractivity contribution in [2.45, 2.75) is 57.8 Å². The topological polar surface area (TPSA) is 65.4 Å². The summed E-state index contributed by atoms with van der Waals surface area (Å²) >= 11 is 0. The van der Waals surface area contributed by atoms with E-state index in [-0.39, 0.29) is 12.7 Å². The molecular weight excluding hydrogens is 368 g/mol. The van der Waals surface area contributed by atoms with Crippen molar-refractivity contribution >= 4 is 0 Å². The van der Waals surface area contributed by atoms with Crippen LogP contribution in [0.4, 0.5) is 0 Å². The van der Waals surface area contributed by atoms with Gasteiger partial charge < -0.3 is 24.6 Å². The van der Waals surface area contributed by atoms with Crippen LogP contribution >= 0.6 is 0 Å². The molecule has 1 saturated carbocycles. The molecule has 29 heavy (non-hydrogen) atoms. The average Bonchev–Trinajstić information content (AvgIpc) is 3.53. The highest BCUT2D eigenvalue weighted by Crippen LogP contribution is 2.32. The highest BCUT2D eigenvalue weighted by atomic mass is 16.5. The summed E-state index contributed by atoms with van der Waals surface area (Å²) in [4.78, 5) is 4.71. The summed E-state index contributed by atoms with van der Waals surface area (Å²) in [7, 11) is 1.69. The second-order valence-corrected chi connectivity index (χ2v) is 8.65. The molecule has 3 rings (SSSR count). The number of hydrogen-bond donors (Lipinski definition) is 2. The Labute approximate surface area is 175 Å². The second-order valence-electron chi connectivity index (χ2n) is 8.65. The normalized spacial score (nSPS) is 19.5. The molecule has 1 saturated heterocycles. The van der Waals surface area contributed by atoms with E-state index in [2.05, 4.69) is 22.8 Å². The fourth-order valence-corrected chi connectivity index (χ4v) is 4.04. The number of methoxy groups -OCH3 is 1. The molecule has 0 aromatic heterocycles. The first-order chi connectivity index (χ1) is 14.1. The molecule has 1 aromatic rings. The molecule has 0 amide bonds. The first-order valence-corrected chi connectivity index (χ1v) is 11.2. The van der Waals surface area contributed by atoms with Gasteiger partial charge in [0.05, 0.1) is 13.2 Å². The van der Waals surface area contributed by atoms with Crippen LogP contribution in [0.3, 0.4) is 0 Å². The lowest BCUT2D eigenvalue weighted by molar-refractivity contribution is 0.0335. The fourth-order valence-electron chi connectivity index (χ4n) is 4.04. The first kappa shape index (κ1) is 22.3. The maximum atomic E-state index is 10.4. The number of aliphatic hydroxyl groups excluding tert-OH is 2. The Morgan fingerprint density at radius 3 is 2.62 bits per heavy atom. The third-order valence-electron chi connectivity index (χ3n) is 5.87. The Hall–Kier alpha value is -1.34. The lowest BCUT2D eigenvalue weighted by Crippen LogP contribution is -2.41. The number of rotatable bonds is 12. The SMILES string of the molecule is CCCN(Cc1cc(OC)ccc1OC[C@@H](O)CN1CCC(O)CC1)CC1CC1. The molecule has 0 spiro atoms. The molecule has 164 valence electrons. The standard InChI is InChI=1S/C23H38N2O4/c1-3-10-25(14-18-4-5-18)15-19-13-22(28-2)6-7-23(19)29-17-21(27)16-24-11-8-20(26)9-12-24/h6-7,13,18,20-21,26-27H,3-5,8-12,14-17H2,1-2H3/t21-/m0/s1. The summed E-state index contributed by atoms with van der Waals surface area (Å²) in [6.07, 6.45) is 4.66. The van der Waals surface area contributed by atoms with E-state index in [1.807, 2.05) is 12.1 Å². The van der Waals surface area contributed by atoms with Crippen molar-refractivity contribution in [1.82, 2.24) is 9.80 Å². The Kier molecular flexibility index (Phi) is 8.60. The van der Waals surface area contributed by atoms with Crippen LogP contribution in [0.25, 0.3) is 0 Å². The Balaban J connectivity index is 1.57. The molecular formula is C23H38N2O4. The summed E-state index contributed by atoms with van der Waals surface area (Å²) in [5.74, 6) is 2.51. The van der Waals surface area contributed by atoms with Crippen molar-refractivity contribution in [2.75, 3.05) is 46.4 Å². The van der Waals surface area contributed by atoms with E-state index in [9.17, 15) is 10.2 Å². The van der Waals surface area contributed by atoms with Gasteiger partial charge >= 0.3 is 0 Å². The van der Waals surface area contributed by atoms with Gasteiger partial charge in [-0.05, 0) is 62.8 Å². The van der Waals surface area contributed by atoms with Gasteiger partial charge in [0.15, 0.2) is 0 Å². The Morgan fingerprint density at radius 2 is 1.97 bits per heavy atom. The number of piperidine rings is 1. The lowest BCUT2D eigenvalue weighted by Gasteiger charge is -2.31. The van der Waals surface area contributed by atoms with Crippen molar-refractivity contribution in [3.63, 3.8) is 0 Å². The van der Waals surface area contributed by atoms with E-state index in [0.717, 1.165) is 75.0 Å². The predicted molar refractivity (Wildman–Crippen MR) is 114 cm³/mol. The molecule has 1 aliphatic carbocycles. The number of ether oxygens (including phenoxy) is 2. The van der Waals surface area contributed by atoms with Crippen molar-refractivity contribution in [3.05, 3.63) is 23.8 Å². The Morgan fingerprint density at radius 1 is 1.21 bits per heavy atom. The molecule has 2 N–H and O–H groups in total. The second kappa shape index (κ2) is 11.2. The van der Waals surface area contributed by atoms with E-state index in [1.165, 1.54) is 12.8 Å². The van der Waals surface area contributed by atoms with Crippen LogP contribution in [0.5, 0.6) is 11.5 Å². The highest BCUT2D eigenvalue weighted by Gasteiger charge is 2.25. The molecule has 1 aromatic carbocycles. The van der Waals surface area contributed by atoms with Gasteiger partial charge in [0.2, 0.25) is 0 Å². The fraction of sp³-hybridized carbons (Fsp3) is 0.739. The van der Waals surface area contributed by atoms with Gasteiger partial charge in [-0.15, -0.1) is 0 Å². The van der Waals surface area contributed by atoms with Crippen molar-refractivity contribution < 1.29 is 19.7 Å². The van der Waals surface area contributed by atoms with Crippen molar-refractivity contribution in [2.24, 2.45) is 5.92 Å². The minimum atomic E-state index is -0.543. The predicted octanol–water partition coefficient (Wildman–Crippen LogP) is 2.51. The third-order valence-corrected chi connectivity index (χ3v) is 5.87. The maximum Gasteiger partial charge on any atom is 0.124 e. The highest BCUT2D eigenvalue weighted by molar-refractivity contribution is 5.40. The summed E-state index contributed by atoms with van der Waals surface area (Å²) in [5.41, 5.74) is 1.12. The average molecular weight is 407 g/mol. The van der Waals surface area contributed by atoms with Gasteiger partial charge in [-0.1, -0.05) is 6.92 Å². The van der Waals surface area contributed by atoms with E-state index < -0.39 is 6.10 Å². The van der Waals surface area contributed by atoms with Gasteiger partial charge in [-0.3, -0.25) is 4.90 Å². The van der Waals surface area contributed by atoms with Gasteiger partial charge in [0.25, 0.3) is 0 Å². The molecule has 2 fully saturated rings. The molecule has 6 heteroatoms. The van der Waals surface area contributed by atoms with E-state index in [4.69, 9.17) is 9.47 Å². The first-order valence-electron chi connectivity index (χ1n) is 11.2. The molecule has 6 nitrogen and oxygen atoms in total. The van der Waals surface area contributed by atoms with Gasteiger partial charge in [-0.2, -0.15) is 0 Å². The summed E-state index contributed by atoms with van der Waals surface area (Å²) in [6.45, 7) is 7.81. The van der Waals surface area contributed by atoms with Gasteiger partial charge in [0.1, 0.15) is 24.2 Å². The van der Waals surface area contributed by atoms with Crippen LogP contribution in [0.2, 0.25) is 0 Å². The molecule has 0 radical (unpaired) electrons. The third kappa shape index (κ3) is 7.45. The number of aliphatic hydroxyl groups is 2. The number of benzene rings is 1. The zero-order valence-electron chi connectivity index (χ0n) is 18.1. The largest absolute Gasteiger partial charge is 0.497 e. The molecule has 1 heterocycles. The van der Waals surface area contributed by atoms with Gasteiger partial charge in [0, 0.05) is 38.3 Å². The number of nitrogens with zero attached hydrogens (tertiary/aromatic N) is 2. The summed E-state index contributed by atoms with van der Waals surface area (Å²) < 4.78 is 11.5. The molecule has 1 aliphatic heterocycles. The lowest BCUT2D eigenvalue weighted by atomic mass is 10.1. The molecule has 0 unspecified atom stereocenters. The summed E-state index contributed by atoms with van der Waals surface area (Å²) in [5, 5.41) is 20.1. The van der Waals surface area contributed by atoms with Crippen LogP contribution in [-0.2, 0) is 6.54 Å². The smallest absolute Gasteiger partial charge is 0.124 e. The van der Waals surface area contributed by atoms with Gasteiger partial charge in [-0.25, -0.2) is 0 Å². The molecule has 2 aliphatic rings. The zero-order chi connectivity index (χ0) is 20.6. The maximum absolute atomic E-state index is 10.4. The number of likely N-dealkylation sites (tertiary alicyclic amines) is 1. The molecule has 1 atom stereocenters. The molecule has 0 bridgehead atoms. The van der Waals surface area contributed by atoms with Crippen LogP contribution in [0.15, 0.2) is 18.2 Å². The van der Waals surface area contributed by atoms with Crippen molar-refractivity contribution in [1.29, 1.82) is 0 Å². The van der Waals surface area contributed by atoms with Crippen molar-refractivity contribution in [3.8, 4) is 11.5 Å². The zero-order valence-corrected chi connectivity index (χ0v) is 18.1. The van der Waals surface area contributed by atoms with E-state index >= 15 is 0 Å². The number of β-amino-alcohol motifs (C(OH)–C–C–N with tert-alkyl or cyclic N) is 1.